The molecule has 0 radical (unpaired) electrons. The van der Waals surface area contributed by atoms with Crippen LogP contribution in [0.2, 0.25) is 0 Å². The Balaban J connectivity index is 3.11. The first kappa shape index (κ1) is 14.9. The molecule has 0 saturated carbocycles. The predicted octanol–water partition coefficient (Wildman–Crippen LogP) is 0.262. The summed E-state index contributed by atoms with van der Waals surface area (Å²) in [6, 6.07) is 3.88. The largest absolute Gasteiger partial charge is 0.497 e. The van der Waals surface area contributed by atoms with Crippen LogP contribution in [0.3, 0.4) is 0 Å². The van der Waals surface area contributed by atoms with Gasteiger partial charge in [0.05, 0.1) is 25.2 Å². The van der Waals surface area contributed by atoms with Gasteiger partial charge in [0.25, 0.3) is 0 Å². The summed E-state index contributed by atoms with van der Waals surface area (Å²) in [6.45, 7) is 0. The third-order valence-corrected chi connectivity index (χ3v) is 2.56. The molecule has 0 aromatic heterocycles. The van der Waals surface area contributed by atoms with Gasteiger partial charge in [-0.05, 0) is 17.7 Å². The molecule has 0 heterocycles. The average Bonchev–Trinajstić information content (AvgIpc) is 2.36. The number of hydrogen-bond donors (Lipinski definition) is 4. The van der Waals surface area contributed by atoms with Gasteiger partial charge in [0.1, 0.15) is 11.9 Å². The summed E-state index contributed by atoms with van der Waals surface area (Å²) in [5, 5.41) is 36.9. The molecule has 7 nitrogen and oxygen atoms in total. The zero-order valence-corrected chi connectivity index (χ0v) is 10.1. The molecule has 1 aromatic carbocycles. The summed E-state index contributed by atoms with van der Waals surface area (Å²) >= 11 is 0. The monoisotopic (exact) mass is 270 g/mol. The van der Waals surface area contributed by atoms with Crippen LogP contribution in [0.1, 0.15) is 28.4 Å². The Bertz CT molecular complexity index is 483. The molecule has 7 heteroatoms. The van der Waals surface area contributed by atoms with E-state index in [0.717, 1.165) is 0 Å². The molecule has 19 heavy (non-hydrogen) atoms. The molecule has 0 aliphatic rings. The fourth-order valence-corrected chi connectivity index (χ4v) is 1.60. The van der Waals surface area contributed by atoms with E-state index in [1.54, 1.807) is 0 Å². The highest BCUT2D eigenvalue weighted by atomic mass is 16.5. The Labute approximate surface area is 108 Å². The maximum atomic E-state index is 11.1. The van der Waals surface area contributed by atoms with Gasteiger partial charge >= 0.3 is 11.9 Å². The highest BCUT2D eigenvalue weighted by Crippen LogP contribution is 2.26. The molecule has 0 fully saturated rings. The summed E-state index contributed by atoms with van der Waals surface area (Å²) in [5.74, 6) is -2.33. The maximum Gasteiger partial charge on any atom is 0.336 e. The van der Waals surface area contributed by atoms with Gasteiger partial charge in [-0.2, -0.15) is 0 Å². The van der Waals surface area contributed by atoms with Crippen molar-refractivity contribution in [1.29, 1.82) is 0 Å². The van der Waals surface area contributed by atoms with Crippen LogP contribution < -0.4 is 4.74 Å². The number of carbonyl (C=O) groups is 2. The third kappa shape index (κ3) is 3.67. The third-order valence-electron chi connectivity index (χ3n) is 2.56. The van der Waals surface area contributed by atoms with E-state index in [4.69, 9.17) is 14.9 Å². The van der Waals surface area contributed by atoms with Gasteiger partial charge in [-0.25, -0.2) is 4.79 Å². The Morgan fingerprint density at radius 1 is 1.26 bits per heavy atom. The van der Waals surface area contributed by atoms with Crippen molar-refractivity contribution in [2.45, 2.75) is 18.6 Å². The average molecular weight is 270 g/mol. The minimum absolute atomic E-state index is 0.0675. The number of ether oxygens (including phenoxy) is 1. The second-order valence-electron chi connectivity index (χ2n) is 3.87. The van der Waals surface area contributed by atoms with Gasteiger partial charge in [0, 0.05) is 0 Å². The molecular weight excluding hydrogens is 256 g/mol. The van der Waals surface area contributed by atoms with Crippen molar-refractivity contribution in [3.05, 3.63) is 29.3 Å². The highest BCUT2D eigenvalue weighted by molar-refractivity contribution is 5.90. The van der Waals surface area contributed by atoms with Crippen LogP contribution in [0.15, 0.2) is 18.2 Å². The molecule has 0 amide bonds. The second-order valence-corrected chi connectivity index (χ2v) is 3.87. The Kier molecular flexibility index (Phi) is 4.85. The van der Waals surface area contributed by atoms with Gasteiger partial charge in [0.15, 0.2) is 0 Å². The standard InChI is InChI=1S/C12H14O7/c1-19-6-2-3-7(8(4-6)12(17)18)11(16)9(13)5-10(14)15/h2-4,9,11,13,16H,5H2,1H3,(H,14,15)(H,17,18). The van der Waals surface area contributed by atoms with E-state index in [1.165, 1.54) is 25.3 Å². The van der Waals surface area contributed by atoms with Gasteiger partial charge in [-0.1, -0.05) is 6.07 Å². The molecule has 0 spiro atoms. The first-order chi connectivity index (χ1) is 8.86. The van der Waals surface area contributed by atoms with Crippen molar-refractivity contribution in [2.75, 3.05) is 7.11 Å². The minimum atomic E-state index is -1.60. The fraction of sp³-hybridized carbons (Fsp3) is 0.333. The first-order valence-corrected chi connectivity index (χ1v) is 5.36. The molecule has 4 N–H and O–H groups in total. The molecule has 2 atom stereocenters. The number of benzene rings is 1. The number of aromatic carboxylic acids is 1. The van der Waals surface area contributed by atoms with Crippen LogP contribution in [-0.4, -0.2) is 45.6 Å². The van der Waals surface area contributed by atoms with Crippen molar-refractivity contribution in [3.8, 4) is 5.75 Å². The lowest BCUT2D eigenvalue weighted by Gasteiger charge is -2.18. The number of aliphatic hydroxyl groups excluding tert-OH is 2. The zero-order chi connectivity index (χ0) is 14.6. The Morgan fingerprint density at radius 3 is 2.37 bits per heavy atom. The summed E-state index contributed by atoms with van der Waals surface area (Å²) in [6.07, 6.45) is -3.89. The summed E-state index contributed by atoms with van der Waals surface area (Å²) < 4.78 is 4.86. The quantitative estimate of drug-likeness (QED) is 0.584. The van der Waals surface area contributed by atoms with Crippen LogP contribution >= 0.6 is 0 Å². The Hall–Kier alpha value is -2.12. The number of carboxylic acid groups (broad SMARTS) is 2. The van der Waals surface area contributed by atoms with Crippen molar-refractivity contribution in [1.82, 2.24) is 0 Å². The van der Waals surface area contributed by atoms with E-state index in [1.807, 2.05) is 0 Å². The van der Waals surface area contributed by atoms with Crippen molar-refractivity contribution < 1.29 is 34.8 Å². The van der Waals surface area contributed by atoms with Crippen molar-refractivity contribution >= 4 is 11.9 Å². The van der Waals surface area contributed by atoms with Crippen LogP contribution in [0.25, 0.3) is 0 Å². The number of hydrogen-bond acceptors (Lipinski definition) is 5. The summed E-state index contributed by atoms with van der Waals surface area (Å²) in [5.41, 5.74) is -0.321. The van der Waals surface area contributed by atoms with Crippen LogP contribution in [0.4, 0.5) is 0 Å². The molecule has 104 valence electrons. The van der Waals surface area contributed by atoms with Gasteiger partial charge in [-0.15, -0.1) is 0 Å². The summed E-state index contributed by atoms with van der Waals surface area (Å²) in [7, 11) is 1.36. The van der Waals surface area contributed by atoms with E-state index >= 15 is 0 Å². The van der Waals surface area contributed by atoms with Gasteiger partial charge < -0.3 is 25.2 Å². The first-order valence-electron chi connectivity index (χ1n) is 5.36. The zero-order valence-electron chi connectivity index (χ0n) is 10.1. The lowest BCUT2D eigenvalue weighted by molar-refractivity contribution is -0.141. The lowest BCUT2D eigenvalue weighted by Crippen LogP contribution is -2.23. The molecule has 0 aliphatic heterocycles. The topological polar surface area (TPSA) is 124 Å². The van der Waals surface area contributed by atoms with Crippen molar-refractivity contribution in [3.63, 3.8) is 0 Å². The number of aliphatic hydroxyl groups is 2. The minimum Gasteiger partial charge on any atom is -0.497 e. The van der Waals surface area contributed by atoms with Crippen LogP contribution in [-0.2, 0) is 4.79 Å². The van der Waals surface area contributed by atoms with Crippen LogP contribution in [0.5, 0.6) is 5.75 Å². The molecule has 0 saturated heterocycles. The van der Waals surface area contributed by atoms with E-state index in [9.17, 15) is 19.8 Å². The molecule has 0 bridgehead atoms. The molecule has 0 aliphatic carbocycles. The van der Waals surface area contributed by atoms with E-state index in [2.05, 4.69) is 0 Å². The number of rotatable bonds is 6. The smallest absolute Gasteiger partial charge is 0.336 e. The predicted molar refractivity (Wildman–Crippen MR) is 63.2 cm³/mol. The molecule has 2 unspecified atom stereocenters. The van der Waals surface area contributed by atoms with E-state index < -0.39 is 30.6 Å². The lowest BCUT2D eigenvalue weighted by atomic mass is 9.97. The normalized spacial score (nSPS) is 13.6. The maximum absolute atomic E-state index is 11.1. The summed E-state index contributed by atoms with van der Waals surface area (Å²) in [4.78, 5) is 21.5. The molecule has 1 aromatic rings. The molecular formula is C12H14O7. The number of aliphatic carboxylic acids is 1. The highest BCUT2D eigenvalue weighted by Gasteiger charge is 2.25. The van der Waals surface area contributed by atoms with Gasteiger partial charge in [-0.3, -0.25) is 4.79 Å². The number of carboxylic acids is 2. The van der Waals surface area contributed by atoms with Crippen molar-refractivity contribution in [2.24, 2.45) is 0 Å². The van der Waals surface area contributed by atoms with Crippen LogP contribution in [0, 0.1) is 0 Å². The number of methoxy groups -OCH3 is 1. The van der Waals surface area contributed by atoms with E-state index in [0.29, 0.717) is 0 Å². The Morgan fingerprint density at radius 2 is 1.89 bits per heavy atom. The second kappa shape index (κ2) is 6.17. The molecule has 1 rings (SSSR count). The van der Waals surface area contributed by atoms with Gasteiger partial charge in [0.2, 0.25) is 0 Å². The van der Waals surface area contributed by atoms with E-state index in [-0.39, 0.29) is 16.9 Å². The SMILES string of the molecule is COc1ccc(C(O)C(O)CC(=O)O)c(C(=O)O)c1. The fourth-order valence-electron chi connectivity index (χ4n) is 1.60.